The number of hydrogen-bond acceptors (Lipinski definition) is 6. The summed E-state index contributed by atoms with van der Waals surface area (Å²) in [6.07, 6.45) is 1.60. The lowest BCUT2D eigenvalue weighted by Crippen LogP contribution is -1.99. The predicted molar refractivity (Wildman–Crippen MR) is 68.7 cm³/mol. The van der Waals surface area contributed by atoms with Crippen LogP contribution in [-0.4, -0.2) is 9.91 Å². The molecule has 0 bridgehead atoms. The number of aryl methyl sites for hydroxylation is 1. The highest BCUT2D eigenvalue weighted by molar-refractivity contribution is 7.15. The van der Waals surface area contributed by atoms with Gasteiger partial charge in [-0.25, -0.2) is 4.98 Å². The van der Waals surface area contributed by atoms with Crippen LogP contribution in [0, 0.1) is 17.0 Å². The molecular formula is C11H11N3O3S. The van der Waals surface area contributed by atoms with E-state index in [9.17, 15) is 10.1 Å². The minimum Gasteiger partial charge on any atom is -0.481 e. The smallest absolute Gasteiger partial charge is 0.313 e. The summed E-state index contributed by atoms with van der Waals surface area (Å²) in [5.74, 6) is 0.256. The fourth-order valence-electron chi connectivity index (χ4n) is 1.52. The first-order valence-electron chi connectivity index (χ1n) is 5.15. The summed E-state index contributed by atoms with van der Waals surface area (Å²) in [5.41, 5.74) is 6.06. The summed E-state index contributed by atoms with van der Waals surface area (Å²) in [4.78, 5) is 15.2. The number of para-hydroxylation sites is 1. The Kier molecular flexibility index (Phi) is 3.42. The summed E-state index contributed by atoms with van der Waals surface area (Å²) >= 11 is 1.30. The van der Waals surface area contributed by atoms with Gasteiger partial charge in [-0.05, 0) is 13.0 Å². The first-order valence-corrected chi connectivity index (χ1v) is 5.96. The number of nitrogen functional groups attached to an aromatic ring is 1. The number of anilines is 1. The number of thiazole rings is 1. The zero-order valence-electron chi connectivity index (χ0n) is 9.62. The molecule has 1 aromatic carbocycles. The highest BCUT2D eigenvalue weighted by atomic mass is 32.1. The minimum atomic E-state index is -0.439. The fraction of sp³-hybridized carbons (Fsp3) is 0.182. The maximum Gasteiger partial charge on any atom is 0.313 e. The summed E-state index contributed by atoms with van der Waals surface area (Å²) in [6, 6.07) is 4.98. The Morgan fingerprint density at radius 3 is 2.94 bits per heavy atom. The van der Waals surface area contributed by atoms with Gasteiger partial charge < -0.3 is 10.5 Å². The first kappa shape index (κ1) is 12.3. The van der Waals surface area contributed by atoms with Gasteiger partial charge in [-0.3, -0.25) is 10.1 Å². The molecular weight excluding hydrogens is 254 g/mol. The number of nitrogens with zero attached hydrogens (tertiary/aromatic N) is 2. The molecule has 18 heavy (non-hydrogen) atoms. The number of nitrogens with two attached hydrogens (primary N) is 1. The number of nitro benzene ring substituents is 1. The van der Waals surface area contributed by atoms with Crippen LogP contribution in [0.1, 0.15) is 10.4 Å². The van der Waals surface area contributed by atoms with Crippen LogP contribution in [-0.2, 0) is 6.61 Å². The van der Waals surface area contributed by atoms with Crippen LogP contribution in [0.2, 0.25) is 0 Å². The van der Waals surface area contributed by atoms with Gasteiger partial charge in [0.1, 0.15) is 6.61 Å². The highest BCUT2D eigenvalue weighted by Crippen LogP contribution is 2.31. The normalized spacial score (nSPS) is 10.3. The topological polar surface area (TPSA) is 91.3 Å². The van der Waals surface area contributed by atoms with E-state index in [1.165, 1.54) is 11.3 Å². The predicted octanol–water partition coefficient (Wildman–Crippen LogP) is 2.52. The molecule has 1 aromatic heterocycles. The van der Waals surface area contributed by atoms with Crippen molar-refractivity contribution in [3.63, 3.8) is 0 Å². The summed E-state index contributed by atoms with van der Waals surface area (Å²) in [5, 5.41) is 11.4. The Morgan fingerprint density at radius 2 is 2.33 bits per heavy atom. The Bertz CT molecular complexity index is 583. The zero-order valence-corrected chi connectivity index (χ0v) is 10.4. The van der Waals surface area contributed by atoms with Crippen molar-refractivity contribution in [1.82, 2.24) is 4.98 Å². The molecule has 0 aliphatic carbocycles. The van der Waals surface area contributed by atoms with Gasteiger partial charge in [0.2, 0.25) is 0 Å². The van der Waals surface area contributed by atoms with Gasteiger partial charge in [0.15, 0.2) is 10.9 Å². The van der Waals surface area contributed by atoms with Gasteiger partial charge >= 0.3 is 5.69 Å². The zero-order chi connectivity index (χ0) is 13.1. The summed E-state index contributed by atoms with van der Waals surface area (Å²) in [7, 11) is 0. The van der Waals surface area contributed by atoms with E-state index in [0.717, 1.165) is 4.88 Å². The molecule has 94 valence electrons. The molecule has 0 unspecified atom stereocenters. The maximum absolute atomic E-state index is 11.0. The minimum absolute atomic E-state index is 0.00464. The van der Waals surface area contributed by atoms with Gasteiger partial charge in [0, 0.05) is 11.8 Å². The summed E-state index contributed by atoms with van der Waals surface area (Å²) < 4.78 is 5.45. The molecule has 0 atom stereocenters. The van der Waals surface area contributed by atoms with Gasteiger partial charge in [-0.15, -0.1) is 0 Å². The molecule has 0 radical (unpaired) electrons. The largest absolute Gasteiger partial charge is 0.481 e. The fourth-order valence-corrected chi connectivity index (χ4v) is 2.12. The second-order valence-corrected chi connectivity index (χ2v) is 4.78. The second-order valence-electron chi connectivity index (χ2n) is 3.63. The molecule has 2 N–H and O–H groups in total. The van der Waals surface area contributed by atoms with Crippen LogP contribution in [0.4, 0.5) is 10.8 Å². The SMILES string of the molecule is Cc1cccc(OCc2cnc(N)s2)c1[N+](=O)[O-]. The molecule has 0 saturated carbocycles. The van der Waals surface area contributed by atoms with Gasteiger partial charge in [0.25, 0.3) is 0 Å². The second kappa shape index (κ2) is 5.01. The number of aromatic nitrogens is 1. The van der Waals surface area contributed by atoms with Crippen LogP contribution in [0.3, 0.4) is 0 Å². The average molecular weight is 265 g/mol. The van der Waals surface area contributed by atoms with Crippen molar-refractivity contribution < 1.29 is 9.66 Å². The van der Waals surface area contributed by atoms with Gasteiger partial charge in [-0.2, -0.15) is 0 Å². The highest BCUT2D eigenvalue weighted by Gasteiger charge is 2.18. The standard InChI is InChI=1S/C11H11N3O3S/c1-7-3-2-4-9(10(7)14(15)16)17-6-8-5-13-11(12)18-8/h2-5H,6H2,1H3,(H2,12,13). The van der Waals surface area contributed by atoms with E-state index in [-0.39, 0.29) is 18.0 Å². The molecule has 1 heterocycles. The van der Waals surface area contributed by atoms with E-state index < -0.39 is 4.92 Å². The Hall–Kier alpha value is -2.15. The van der Waals surface area contributed by atoms with E-state index in [2.05, 4.69) is 4.98 Å². The Labute approximate surface area is 107 Å². The van der Waals surface area contributed by atoms with Crippen LogP contribution in [0.5, 0.6) is 5.75 Å². The third kappa shape index (κ3) is 2.57. The number of rotatable bonds is 4. The lowest BCUT2D eigenvalue weighted by atomic mass is 10.2. The van der Waals surface area contributed by atoms with E-state index in [0.29, 0.717) is 10.7 Å². The number of ether oxygens (including phenoxy) is 1. The Morgan fingerprint density at radius 1 is 1.56 bits per heavy atom. The molecule has 2 rings (SSSR count). The average Bonchev–Trinajstić information content (AvgIpc) is 2.72. The number of hydrogen-bond donors (Lipinski definition) is 1. The number of benzene rings is 1. The monoisotopic (exact) mass is 265 g/mol. The van der Waals surface area contributed by atoms with Crippen molar-refractivity contribution in [2.45, 2.75) is 13.5 Å². The third-order valence-corrected chi connectivity index (χ3v) is 3.12. The third-order valence-electron chi connectivity index (χ3n) is 2.32. The van der Waals surface area contributed by atoms with Crippen molar-refractivity contribution in [2.75, 3.05) is 5.73 Å². The Balaban J connectivity index is 2.19. The van der Waals surface area contributed by atoms with Crippen molar-refractivity contribution in [2.24, 2.45) is 0 Å². The van der Waals surface area contributed by atoms with E-state index >= 15 is 0 Å². The molecule has 0 aliphatic rings. The summed E-state index contributed by atoms with van der Waals surface area (Å²) in [6.45, 7) is 1.90. The van der Waals surface area contributed by atoms with E-state index in [1.54, 1.807) is 31.3 Å². The van der Waals surface area contributed by atoms with Crippen molar-refractivity contribution >= 4 is 22.2 Å². The van der Waals surface area contributed by atoms with E-state index in [4.69, 9.17) is 10.5 Å². The van der Waals surface area contributed by atoms with Crippen molar-refractivity contribution in [1.29, 1.82) is 0 Å². The first-order chi connectivity index (χ1) is 8.58. The van der Waals surface area contributed by atoms with Crippen LogP contribution < -0.4 is 10.5 Å². The molecule has 0 fully saturated rings. The lowest BCUT2D eigenvalue weighted by molar-refractivity contribution is -0.386. The van der Waals surface area contributed by atoms with Crippen LogP contribution in [0.25, 0.3) is 0 Å². The van der Waals surface area contributed by atoms with Crippen LogP contribution in [0.15, 0.2) is 24.4 Å². The lowest BCUT2D eigenvalue weighted by Gasteiger charge is -2.06. The number of nitro groups is 1. The van der Waals surface area contributed by atoms with Crippen molar-refractivity contribution in [3.8, 4) is 5.75 Å². The van der Waals surface area contributed by atoms with Gasteiger partial charge in [0.05, 0.1) is 9.80 Å². The maximum atomic E-state index is 11.0. The molecule has 0 saturated heterocycles. The van der Waals surface area contributed by atoms with Gasteiger partial charge in [-0.1, -0.05) is 23.5 Å². The van der Waals surface area contributed by atoms with Crippen molar-refractivity contribution in [3.05, 3.63) is 45.0 Å². The molecule has 2 aromatic rings. The quantitative estimate of drug-likeness (QED) is 0.677. The molecule has 6 nitrogen and oxygen atoms in total. The molecule has 0 amide bonds. The molecule has 0 aliphatic heterocycles. The molecule has 7 heteroatoms. The molecule has 0 spiro atoms. The van der Waals surface area contributed by atoms with Crippen LogP contribution >= 0.6 is 11.3 Å². The van der Waals surface area contributed by atoms with E-state index in [1.807, 2.05) is 0 Å².